The van der Waals surface area contributed by atoms with E-state index in [1.165, 1.54) is 30.7 Å². The minimum absolute atomic E-state index is 0.0103. The number of likely N-dealkylation sites (tertiary alicyclic amines) is 1. The van der Waals surface area contributed by atoms with Crippen LogP contribution in [-0.4, -0.2) is 79.5 Å². The Balaban J connectivity index is 1.25. The molecule has 1 saturated heterocycles. The van der Waals surface area contributed by atoms with Crippen LogP contribution in [0, 0.1) is 11.6 Å². The third kappa shape index (κ3) is 5.95. The summed E-state index contributed by atoms with van der Waals surface area (Å²) >= 11 is 0. The lowest BCUT2D eigenvalue weighted by Gasteiger charge is -2.15. The number of aryl methyl sites for hydroxylation is 1. The topological polar surface area (TPSA) is 133 Å². The standard InChI is InChI=1S/C31H26F4N8O2S/c1-46(44,45)7-3-17-8-19(11-21(32)10-17)27-28-22(2-5-37-27)39-30(40-28)29-24-23(41-42-29)14-38-26(25(24)33)20-9-18(12-36-13-20)15-43-6-4-31(34,35)16-43/h2,5,8-14H,3-4,6-7,15-16H2,1H3,(H,39,40)(H,41,42). The normalized spacial score (nSPS) is 15.3. The summed E-state index contributed by atoms with van der Waals surface area (Å²) in [4.78, 5) is 22.4. The number of alkyl halides is 2. The Labute approximate surface area is 259 Å². The van der Waals surface area contributed by atoms with Gasteiger partial charge in [-0.1, -0.05) is 0 Å². The van der Waals surface area contributed by atoms with E-state index in [1.54, 1.807) is 29.3 Å². The molecule has 2 N–H and O–H groups in total. The highest BCUT2D eigenvalue weighted by atomic mass is 32.2. The van der Waals surface area contributed by atoms with Gasteiger partial charge in [-0.15, -0.1) is 0 Å². The molecule has 1 fully saturated rings. The van der Waals surface area contributed by atoms with Crippen LogP contribution in [0.2, 0.25) is 0 Å². The molecule has 0 saturated carbocycles. The van der Waals surface area contributed by atoms with Crippen molar-refractivity contribution in [2.24, 2.45) is 0 Å². The van der Waals surface area contributed by atoms with E-state index >= 15 is 4.39 Å². The van der Waals surface area contributed by atoms with Gasteiger partial charge in [-0.2, -0.15) is 5.10 Å². The Bertz CT molecular complexity index is 2240. The molecule has 7 rings (SSSR count). The summed E-state index contributed by atoms with van der Waals surface area (Å²) < 4.78 is 81.5. The monoisotopic (exact) mass is 650 g/mol. The molecule has 1 aliphatic heterocycles. The maximum atomic E-state index is 16.2. The molecule has 236 valence electrons. The third-order valence-corrected chi connectivity index (χ3v) is 8.83. The second-order valence-corrected chi connectivity index (χ2v) is 13.8. The Kier molecular flexibility index (Phi) is 7.31. The molecule has 6 aromatic rings. The second kappa shape index (κ2) is 11.2. The van der Waals surface area contributed by atoms with Gasteiger partial charge < -0.3 is 4.98 Å². The molecule has 10 nitrogen and oxygen atoms in total. The molecule has 1 aromatic carbocycles. The number of imidazole rings is 1. The fraction of sp³-hybridized carbons (Fsp3) is 0.258. The van der Waals surface area contributed by atoms with Crippen molar-refractivity contribution in [2.75, 3.05) is 25.1 Å². The Morgan fingerprint density at radius 2 is 1.78 bits per heavy atom. The number of hydrogen-bond acceptors (Lipinski definition) is 8. The van der Waals surface area contributed by atoms with Gasteiger partial charge in [0.05, 0.1) is 40.6 Å². The van der Waals surface area contributed by atoms with Crippen LogP contribution >= 0.6 is 0 Å². The molecule has 0 unspecified atom stereocenters. The molecule has 15 heteroatoms. The predicted octanol–water partition coefficient (Wildman–Crippen LogP) is 5.33. The van der Waals surface area contributed by atoms with Gasteiger partial charge in [0, 0.05) is 55.5 Å². The molecular weight excluding hydrogens is 624 g/mol. The summed E-state index contributed by atoms with van der Waals surface area (Å²) in [6, 6.07) is 7.60. The molecule has 0 aliphatic carbocycles. The molecule has 6 heterocycles. The number of pyridine rings is 3. The van der Waals surface area contributed by atoms with Crippen molar-refractivity contribution in [3.05, 3.63) is 77.9 Å². The number of rotatable bonds is 8. The van der Waals surface area contributed by atoms with Gasteiger partial charge in [-0.25, -0.2) is 31.0 Å². The Hall–Kier alpha value is -4.76. The van der Waals surface area contributed by atoms with E-state index in [-0.39, 0.29) is 60.8 Å². The minimum Gasteiger partial charge on any atom is -0.336 e. The zero-order chi connectivity index (χ0) is 32.2. The van der Waals surface area contributed by atoms with E-state index in [1.807, 2.05) is 0 Å². The number of sulfone groups is 1. The molecule has 0 atom stereocenters. The number of nitrogens with zero attached hydrogens (tertiary/aromatic N) is 6. The molecule has 0 radical (unpaired) electrons. The summed E-state index contributed by atoms with van der Waals surface area (Å²) in [6.07, 6.45) is 7.04. The summed E-state index contributed by atoms with van der Waals surface area (Å²) in [5, 5.41) is 7.21. The number of nitrogens with one attached hydrogen (secondary N) is 2. The zero-order valence-corrected chi connectivity index (χ0v) is 25.2. The minimum atomic E-state index is -3.25. The zero-order valence-electron chi connectivity index (χ0n) is 24.4. The van der Waals surface area contributed by atoms with Gasteiger partial charge in [0.15, 0.2) is 11.6 Å². The number of fused-ring (bicyclic) bond motifs is 2. The lowest BCUT2D eigenvalue weighted by Crippen LogP contribution is -2.24. The molecule has 0 amide bonds. The van der Waals surface area contributed by atoms with Crippen LogP contribution in [0.1, 0.15) is 17.5 Å². The average molecular weight is 651 g/mol. The van der Waals surface area contributed by atoms with Crippen LogP contribution < -0.4 is 0 Å². The van der Waals surface area contributed by atoms with Gasteiger partial charge in [0.25, 0.3) is 5.92 Å². The van der Waals surface area contributed by atoms with Crippen molar-refractivity contribution < 1.29 is 26.0 Å². The summed E-state index contributed by atoms with van der Waals surface area (Å²) in [7, 11) is -3.25. The van der Waals surface area contributed by atoms with Crippen LogP contribution in [-0.2, 0) is 22.8 Å². The lowest BCUT2D eigenvalue weighted by molar-refractivity contribution is 0.0115. The first-order valence-electron chi connectivity index (χ1n) is 14.3. The third-order valence-electron chi connectivity index (χ3n) is 7.89. The first-order valence-corrected chi connectivity index (χ1v) is 16.4. The lowest BCUT2D eigenvalue weighted by atomic mass is 10.0. The smallest absolute Gasteiger partial charge is 0.261 e. The van der Waals surface area contributed by atoms with Crippen LogP contribution in [0.25, 0.3) is 56.0 Å². The highest BCUT2D eigenvalue weighted by molar-refractivity contribution is 7.90. The van der Waals surface area contributed by atoms with Crippen molar-refractivity contribution in [3.63, 3.8) is 0 Å². The average Bonchev–Trinajstić information content (AvgIpc) is 3.72. The number of aromatic amines is 2. The largest absolute Gasteiger partial charge is 0.336 e. The SMILES string of the molecule is CS(=O)(=O)CCc1cc(F)cc(-c2nccc3[nH]c(-c4n[nH]c5cnc(-c6cncc(CN7CCC(F)(F)C7)c6)c(F)c45)nc23)c1. The van der Waals surface area contributed by atoms with Crippen LogP contribution in [0.5, 0.6) is 0 Å². The van der Waals surface area contributed by atoms with E-state index < -0.39 is 27.4 Å². The molecule has 0 spiro atoms. The Morgan fingerprint density at radius 3 is 2.57 bits per heavy atom. The van der Waals surface area contributed by atoms with Crippen molar-refractivity contribution >= 4 is 31.8 Å². The van der Waals surface area contributed by atoms with E-state index in [0.717, 1.165) is 6.26 Å². The van der Waals surface area contributed by atoms with E-state index in [4.69, 9.17) is 0 Å². The predicted molar refractivity (Wildman–Crippen MR) is 164 cm³/mol. The van der Waals surface area contributed by atoms with Crippen molar-refractivity contribution in [3.8, 4) is 34.0 Å². The quantitative estimate of drug-likeness (QED) is 0.211. The molecular formula is C31H26F4N8O2S. The van der Waals surface area contributed by atoms with Gasteiger partial charge in [-0.3, -0.25) is 25.0 Å². The maximum absolute atomic E-state index is 16.2. The van der Waals surface area contributed by atoms with E-state index in [0.29, 0.717) is 44.5 Å². The fourth-order valence-electron chi connectivity index (χ4n) is 5.74. The number of halogens is 4. The molecule has 0 bridgehead atoms. The van der Waals surface area contributed by atoms with Crippen LogP contribution in [0.4, 0.5) is 17.6 Å². The second-order valence-electron chi connectivity index (χ2n) is 11.5. The highest BCUT2D eigenvalue weighted by Gasteiger charge is 2.38. The molecule has 5 aromatic heterocycles. The highest BCUT2D eigenvalue weighted by Crippen LogP contribution is 2.35. The molecule has 1 aliphatic rings. The number of aromatic nitrogens is 7. The molecule has 46 heavy (non-hydrogen) atoms. The number of hydrogen-bond donors (Lipinski definition) is 2. The number of benzene rings is 1. The number of H-pyrrole nitrogens is 2. The summed E-state index contributed by atoms with van der Waals surface area (Å²) in [5.74, 6) is -3.86. The first-order chi connectivity index (χ1) is 21.9. The van der Waals surface area contributed by atoms with Crippen molar-refractivity contribution in [2.45, 2.75) is 25.3 Å². The summed E-state index contributed by atoms with van der Waals surface area (Å²) in [6.45, 7) is 0.163. The van der Waals surface area contributed by atoms with Crippen molar-refractivity contribution in [1.82, 2.24) is 40.0 Å². The van der Waals surface area contributed by atoms with Gasteiger partial charge in [-0.05, 0) is 47.9 Å². The Morgan fingerprint density at radius 1 is 0.957 bits per heavy atom. The van der Waals surface area contributed by atoms with Crippen molar-refractivity contribution in [1.29, 1.82) is 0 Å². The van der Waals surface area contributed by atoms with Crippen LogP contribution in [0.3, 0.4) is 0 Å². The van der Waals surface area contributed by atoms with Gasteiger partial charge in [0.1, 0.15) is 32.6 Å². The van der Waals surface area contributed by atoms with E-state index in [2.05, 4.69) is 35.1 Å². The summed E-state index contributed by atoms with van der Waals surface area (Å²) in [5.41, 5.74) is 3.70. The van der Waals surface area contributed by atoms with Gasteiger partial charge >= 0.3 is 0 Å². The van der Waals surface area contributed by atoms with Crippen LogP contribution in [0.15, 0.2) is 55.1 Å². The van der Waals surface area contributed by atoms with E-state index in [9.17, 15) is 21.6 Å². The fourth-order valence-corrected chi connectivity index (χ4v) is 6.35. The van der Waals surface area contributed by atoms with Gasteiger partial charge in [0.2, 0.25) is 0 Å². The maximum Gasteiger partial charge on any atom is 0.261 e. The first kappa shape index (κ1) is 29.9.